The molecule has 0 radical (unpaired) electrons. The molecular formula is C15H24N2O2S. The van der Waals surface area contributed by atoms with Gasteiger partial charge in [-0.25, -0.2) is 4.79 Å². The Morgan fingerprint density at radius 1 is 1.40 bits per heavy atom. The SMILES string of the molecule is CCOC(=O)C1=C(C)N(C)C(=S)N[C@H]1C1CCCCC1. The van der Waals surface area contributed by atoms with Gasteiger partial charge in [0.15, 0.2) is 5.11 Å². The van der Waals surface area contributed by atoms with Crippen LogP contribution in [0.25, 0.3) is 0 Å². The van der Waals surface area contributed by atoms with Gasteiger partial charge >= 0.3 is 5.97 Å². The van der Waals surface area contributed by atoms with Gasteiger partial charge in [0.05, 0.1) is 18.2 Å². The van der Waals surface area contributed by atoms with E-state index in [1.165, 1.54) is 19.3 Å². The topological polar surface area (TPSA) is 41.6 Å². The molecule has 0 aromatic carbocycles. The second kappa shape index (κ2) is 6.57. The Kier molecular flexibility index (Phi) is 5.02. The molecule has 1 atom stereocenters. The standard InChI is InChI=1S/C15H24N2O2S/c1-4-19-14(18)12-10(2)17(3)15(20)16-13(12)11-8-6-5-7-9-11/h11,13H,4-9H2,1-3H3,(H,16,20)/t13-/m0/s1. The van der Waals surface area contributed by atoms with E-state index in [-0.39, 0.29) is 12.0 Å². The molecule has 1 heterocycles. The summed E-state index contributed by atoms with van der Waals surface area (Å²) in [6.07, 6.45) is 6.08. The predicted molar refractivity (Wildman–Crippen MR) is 83.2 cm³/mol. The second-order valence-corrected chi connectivity index (χ2v) is 5.99. The summed E-state index contributed by atoms with van der Waals surface area (Å²) in [6.45, 7) is 4.20. The Morgan fingerprint density at radius 2 is 2.05 bits per heavy atom. The second-order valence-electron chi connectivity index (χ2n) is 5.60. The molecule has 20 heavy (non-hydrogen) atoms. The third-order valence-corrected chi connectivity index (χ3v) is 4.80. The van der Waals surface area contributed by atoms with Crippen LogP contribution < -0.4 is 5.32 Å². The third kappa shape index (κ3) is 2.97. The van der Waals surface area contributed by atoms with Crippen molar-refractivity contribution < 1.29 is 9.53 Å². The first-order chi connectivity index (χ1) is 9.56. The van der Waals surface area contributed by atoms with E-state index >= 15 is 0 Å². The number of nitrogens with zero attached hydrogens (tertiary/aromatic N) is 1. The highest BCUT2D eigenvalue weighted by Gasteiger charge is 2.37. The van der Waals surface area contributed by atoms with Crippen molar-refractivity contribution in [2.45, 2.75) is 52.0 Å². The first-order valence-electron chi connectivity index (χ1n) is 7.48. The van der Waals surface area contributed by atoms with E-state index in [9.17, 15) is 4.79 Å². The van der Waals surface area contributed by atoms with Gasteiger partial charge in [-0.05, 0) is 44.8 Å². The maximum Gasteiger partial charge on any atom is 0.337 e. The molecule has 1 N–H and O–H groups in total. The van der Waals surface area contributed by atoms with Crippen molar-refractivity contribution >= 4 is 23.3 Å². The quantitative estimate of drug-likeness (QED) is 0.640. The first-order valence-corrected chi connectivity index (χ1v) is 7.89. The summed E-state index contributed by atoms with van der Waals surface area (Å²) < 4.78 is 5.25. The molecule has 1 saturated carbocycles. The van der Waals surface area contributed by atoms with E-state index < -0.39 is 0 Å². The van der Waals surface area contributed by atoms with Crippen LogP contribution in [-0.2, 0) is 9.53 Å². The number of esters is 1. The van der Waals surface area contributed by atoms with Gasteiger partial charge in [0.1, 0.15) is 0 Å². The van der Waals surface area contributed by atoms with Crippen molar-refractivity contribution in [3.8, 4) is 0 Å². The van der Waals surface area contributed by atoms with Crippen molar-refractivity contribution in [3.05, 3.63) is 11.3 Å². The number of rotatable bonds is 3. The minimum atomic E-state index is -0.206. The van der Waals surface area contributed by atoms with Crippen LogP contribution in [0, 0.1) is 5.92 Å². The number of carbonyl (C=O) groups is 1. The first kappa shape index (κ1) is 15.3. The summed E-state index contributed by atoms with van der Waals surface area (Å²) in [5.74, 6) is 0.271. The number of hydrogen-bond donors (Lipinski definition) is 1. The zero-order valence-corrected chi connectivity index (χ0v) is 13.4. The number of allylic oxidation sites excluding steroid dienone is 1. The van der Waals surface area contributed by atoms with Crippen LogP contribution in [0.1, 0.15) is 46.0 Å². The highest BCUT2D eigenvalue weighted by molar-refractivity contribution is 7.80. The van der Waals surface area contributed by atoms with Gasteiger partial charge in [-0.3, -0.25) is 0 Å². The largest absolute Gasteiger partial charge is 0.463 e. The molecule has 2 aliphatic rings. The molecule has 0 saturated heterocycles. The number of hydrogen-bond acceptors (Lipinski definition) is 3. The maximum atomic E-state index is 12.3. The number of thiocarbonyl (C=S) groups is 1. The van der Waals surface area contributed by atoms with E-state index in [1.807, 2.05) is 25.8 Å². The lowest BCUT2D eigenvalue weighted by Gasteiger charge is -2.40. The van der Waals surface area contributed by atoms with Crippen LogP contribution in [-0.4, -0.2) is 35.7 Å². The van der Waals surface area contributed by atoms with Crippen molar-refractivity contribution in [1.82, 2.24) is 10.2 Å². The Balaban J connectivity index is 2.31. The lowest BCUT2D eigenvalue weighted by atomic mass is 9.80. The number of nitrogens with one attached hydrogen (secondary N) is 1. The highest BCUT2D eigenvalue weighted by atomic mass is 32.1. The van der Waals surface area contributed by atoms with Gasteiger partial charge in [-0.15, -0.1) is 0 Å². The molecule has 112 valence electrons. The average molecular weight is 296 g/mol. The minimum absolute atomic E-state index is 0.0121. The van der Waals surface area contributed by atoms with Gasteiger partial charge in [-0.1, -0.05) is 19.3 Å². The Labute approximate surface area is 126 Å². The van der Waals surface area contributed by atoms with Crippen molar-refractivity contribution in [1.29, 1.82) is 0 Å². The Hall–Kier alpha value is -1.10. The molecule has 0 bridgehead atoms. The molecule has 5 heteroatoms. The predicted octanol–water partition coefficient (Wildman–Crippen LogP) is 2.59. The molecule has 2 rings (SSSR count). The fraction of sp³-hybridized carbons (Fsp3) is 0.733. The van der Waals surface area contributed by atoms with Gasteiger partial charge in [-0.2, -0.15) is 0 Å². The van der Waals surface area contributed by atoms with Crippen molar-refractivity contribution in [3.63, 3.8) is 0 Å². The zero-order valence-electron chi connectivity index (χ0n) is 12.6. The van der Waals surface area contributed by atoms with E-state index in [1.54, 1.807) is 0 Å². The molecule has 1 aliphatic heterocycles. The number of ether oxygens (including phenoxy) is 1. The molecular weight excluding hydrogens is 272 g/mol. The monoisotopic (exact) mass is 296 g/mol. The van der Waals surface area contributed by atoms with Gasteiger partial charge < -0.3 is 15.0 Å². The summed E-state index contributed by atoms with van der Waals surface area (Å²) in [5, 5.41) is 4.05. The average Bonchev–Trinajstić information content (AvgIpc) is 2.45. The van der Waals surface area contributed by atoms with Crippen LogP contribution in [0.4, 0.5) is 0 Å². The molecule has 1 fully saturated rings. The third-order valence-electron chi connectivity index (χ3n) is 4.40. The van der Waals surface area contributed by atoms with Gasteiger partial charge in [0.2, 0.25) is 0 Å². The van der Waals surface area contributed by atoms with Gasteiger partial charge in [0.25, 0.3) is 0 Å². The Bertz CT molecular complexity index is 428. The summed E-state index contributed by atoms with van der Waals surface area (Å²) >= 11 is 5.38. The number of carbonyl (C=O) groups excluding carboxylic acids is 1. The van der Waals surface area contributed by atoms with Crippen molar-refractivity contribution in [2.24, 2.45) is 5.92 Å². The van der Waals surface area contributed by atoms with Crippen molar-refractivity contribution in [2.75, 3.05) is 13.7 Å². The summed E-state index contributed by atoms with van der Waals surface area (Å²) in [4.78, 5) is 14.2. The maximum absolute atomic E-state index is 12.3. The van der Waals surface area contributed by atoms with E-state index in [2.05, 4.69) is 5.32 Å². The minimum Gasteiger partial charge on any atom is -0.463 e. The molecule has 0 unspecified atom stereocenters. The molecule has 1 aliphatic carbocycles. The molecule has 4 nitrogen and oxygen atoms in total. The van der Waals surface area contributed by atoms with Crippen LogP contribution in [0.3, 0.4) is 0 Å². The van der Waals surface area contributed by atoms with Crippen LogP contribution in [0.5, 0.6) is 0 Å². The van der Waals surface area contributed by atoms with E-state index in [0.29, 0.717) is 17.6 Å². The van der Waals surface area contributed by atoms with E-state index in [0.717, 1.165) is 24.1 Å². The highest BCUT2D eigenvalue weighted by Crippen LogP contribution is 2.33. The summed E-state index contributed by atoms with van der Waals surface area (Å²) in [7, 11) is 1.89. The Morgan fingerprint density at radius 3 is 2.65 bits per heavy atom. The smallest absolute Gasteiger partial charge is 0.337 e. The van der Waals surface area contributed by atoms with Gasteiger partial charge in [0, 0.05) is 12.7 Å². The fourth-order valence-corrected chi connectivity index (χ4v) is 3.43. The summed E-state index contributed by atoms with van der Waals surface area (Å²) in [6, 6.07) is 0.0121. The fourth-order valence-electron chi connectivity index (χ4n) is 3.16. The molecule has 0 amide bonds. The lowest BCUT2D eigenvalue weighted by molar-refractivity contribution is -0.139. The molecule has 0 spiro atoms. The normalized spacial score (nSPS) is 24.6. The summed E-state index contributed by atoms with van der Waals surface area (Å²) in [5.41, 5.74) is 1.68. The van der Waals surface area contributed by atoms with Crippen LogP contribution in [0.2, 0.25) is 0 Å². The lowest BCUT2D eigenvalue weighted by Crippen LogP contribution is -2.53. The molecule has 0 aromatic rings. The zero-order chi connectivity index (χ0) is 14.7. The van der Waals surface area contributed by atoms with Crippen LogP contribution >= 0.6 is 12.2 Å². The van der Waals surface area contributed by atoms with E-state index in [4.69, 9.17) is 17.0 Å². The molecule has 0 aromatic heterocycles. The van der Waals surface area contributed by atoms with Crippen LogP contribution in [0.15, 0.2) is 11.3 Å².